The van der Waals surface area contributed by atoms with Gasteiger partial charge in [-0.15, -0.1) is 0 Å². The highest BCUT2D eigenvalue weighted by atomic mass is 32.2. The molecule has 0 heterocycles. The van der Waals surface area contributed by atoms with Gasteiger partial charge in [0.05, 0.1) is 18.2 Å². The summed E-state index contributed by atoms with van der Waals surface area (Å²) in [4.78, 5) is 0. The van der Waals surface area contributed by atoms with Crippen molar-refractivity contribution in [2.45, 2.75) is 13.3 Å². The van der Waals surface area contributed by atoms with Crippen molar-refractivity contribution < 1.29 is 4.74 Å². The lowest BCUT2D eigenvalue weighted by Gasteiger charge is -2.08. The molecule has 0 N–H and O–H groups in total. The lowest BCUT2D eigenvalue weighted by Crippen LogP contribution is -2.00. The minimum absolute atomic E-state index is 0.653. The molecule has 1 aromatic carbocycles. The number of benzene rings is 1. The van der Waals surface area contributed by atoms with E-state index in [0.717, 1.165) is 30.1 Å². The number of nitriles is 1. The lowest BCUT2D eigenvalue weighted by molar-refractivity contribution is 0.316. The minimum Gasteiger partial charge on any atom is -0.493 e. The van der Waals surface area contributed by atoms with Gasteiger partial charge in [0.1, 0.15) is 5.75 Å². The zero-order chi connectivity index (χ0) is 11.1. The Bertz CT molecular complexity index is 357. The Morgan fingerprint density at radius 3 is 2.93 bits per heavy atom. The standard InChI is InChI=1S/C12H15NOS/c1-10-4-5-11(9-13)8-12(10)14-6-3-7-15-2/h4-5,8H,3,6-7H2,1-2H3. The molecule has 0 saturated heterocycles. The second-order valence-corrected chi connectivity index (χ2v) is 4.27. The predicted molar refractivity (Wildman–Crippen MR) is 64.4 cm³/mol. The molecule has 1 rings (SSSR count). The molecule has 0 aliphatic rings. The number of aryl methyl sites for hydroxylation is 1. The van der Waals surface area contributed by atoms with Gasteiger partial charge in [-0.1, -0.05) is 6.07 Å². The molecule has 0 fully saturated rings. The van der Waals surface area contributed by atoms with Gasteiger partial charge in [0.25, 0.3) is 0 Å². The molecule has 0 unspecified atom stereocenters. The van der Waals surface area contributed by atoms with Crippen LogP contribution in [0.4, 0.5) is 0 Å². The Morgan fingerprint density at radius 2 is 2.27 bits per heavy atom. The molecule has 15 heavy (non-hydrogen) atoms. The molecule has 80 valence electrons. The van der Waals surface area contributed by atoms with Crippen molar-refractivity contribution >= 4 is 11.8 Å². The molecule has 0 aliphatic carbocycles. The number of nitrogens with zero attached hydrogens (tertiary/aromatic N) is 1. The topological polar surface area (TPSA) is 33.0 Å². The van der Waals surface area contributed by atoms with E-state index in [9.17, 15) is 0 Å². The van der Waals surface area contributed by atoms with E-state index in [-0.39, 0.29) is 0 Å². The van der Waals surface area contributed by atoms with E-state index < -0.39 is 0 Å². The molecular weight excluding hydrogens is 206 g/mol. The van der Waals surface area contributed by atoms with Crippen molar-refractivity contribution in [3.05, 3.63) is 29.3 Å². The third-order valence-corrected chi connectivity index (χ3v) is 2.76. The van der Waals surface area contributed by atoms with Crippen LogP contribution in [0.15, 0.2) is 18.2 Å². The Kier molecular flexibility index (Phi) is 5.06. The molecule has 0 aliphatic heterocycles. The fraction of sp³-hybridized carbons (Fsp3) is 0.417. The van der Waals surface area contributed by atoms with Crippen LogP contribution in [0, 0.1) is 18.3 Å². The summed E-state index contributed by atoms with van der Waals surface area (Å²) < 4.78 is 5.62. The molecule has 0 radical (unpaired) electrons. The fourth-order valence-corrected chi connectivity index (χ4v) is 1.62. The van der Waals surface area contributed by atoms with Crippen LogP contribution < -0.4 is 4.74 Å². The second kappa shape index (κ2) is 6.36. The maximum atomic E-state index is 8.75. The van der Waals surface area contributed by atoms with Crippen molar-refractivity contribution in [1.29, 1.82) is 5.26 Å². The first-order valence-electron chi connectivity index (χ1n) is 4.90. The summed E-state index contributed by atoms with van der Waals surface area (Å²) >= 11 is 1.82. The van der Waals surface area contributed by atoms with Crippen molar-refractivity contribution in [2.24, 2.45) is 0 Å². The summed E-state index contributed by atoms with van der Waals surface area (Å²) in [6, 6.07) is 7.64. The SMILES string of the molecule is CSCCCOc1cc(C#N)ccc1C. The van der Waals surface area contributed by atoms with Crippen LogP contribution in [-0.2, 0) is 0 Å². The average molecular weight is 221 g/mol. The van der Waals surface area contributed by atoms with Crippen LogP contribution >= 0.6 is 11.8 Å². The number of hydrogen-bond acceptors (Lipinski definition) is 3. The van der Waals surface area contributed by atoms with Gasteiger partial charge in [0, 0.05) is 0 Å². The molecule has 0 bridgehead atoms. The summed E-state index contributed by atoms with van der Waals surface area (Å²) in [6.07, 6.45) is 3.12. The van der Waals surface area contributed by atoms with E-state index in [2.05, 4.69) is 12.3 Å². The molecule has 0 aromatic heterocycles. The van der Waals surface area contributed by atoms with Gasteiger partial charge in [-0.2, -0.15) is 17.0 Å². The van der Waals surface area contributed by atoms with Crippen molar-refractivity contribution in [1.82, 2.24) is 0 Å². The zero-order valence-corrected chi connectivity index (χ0v) is 9.93. The molecule has 3 heteroatoms. The van der Waals surface area contributed by atoms with Gasteiger partial charge < -0.3 is 4.74 Å². The molecule has 0 spiro atoms. The smallest absolute Gasteiger partial charge is 0.123 e. The number of rotatable bonds is 5. The van der Waals surface area contributed by atoms with Gasteiger partial charge in [0.2, 0.25) is 0 Å². The summed E-state index contributed by atoms with van der Waals surface area (Å²) in [6.45, 7) is 2.71. The molecule has 1 aromatic rings. The van der Waals surface area contributed by atoms with E-state index in [4.69, 9.17) is 10.00 Å². The highest BCUT2D eigenvalue weighted by Gasteiger charge is 2.00. The Morgan fingerprint density at radius 1 is 1.47 bits per heavy atom. The maximum absolute atomic E-state index is 8.75. The van der Waals surface area contributed by atoms with Crippen molar-refractivity contribution in [3.63, 3.8) is 0 Å². The summed E-state index contributed by atoms with van der Waals surface area (Å²) in [5.41, 5.74) is 1.73. The number of ether oxygens (including phenoxy) is 1. The van der Waals surface area contributed by atoms with Crippen LogP contribution in [0.1, 0.15) is 17.5 Å². The van der Waals surface area contributed by atoms with E-state index in [1.807, 2.05) is 30.8 Å². The average Bonchev–Trinajstić information content (AvgIpc) is 2.26. The van der Waals surface area contributed by atoms with E-state index >= 15 is 0 Å². The molecule has 2 nitrogen and oxygen atoms in total. The third kappa shape index (κ3) is 3.85. The van der Waals surface area contributed by atoms with E-state index in [1.54, 1.807) is 6.07 Å². The quantitative estimate of drug-likeness (QED) is 0.717. The first kappa shape index (κ1) is 11.9. The number of hydrogen-bond donors (Lipinski definition) is 0. The van der Waals surface area contributed by atoms with Crippen LogP contribution in [-0.4, -0.2) is 18.6 Å². The van der Waals surface area contributed by atoms with Crippen LogP contribution in [0.3, 0.4) is 0 Å². The van der Waals surface area contributed by atoms with Crippen molar-refractivity contribution in [2.75, 3.05) is 18.6 Å². The van der Waals surface area contributed by atoms with Gasteiger partial charge >= 0.3 is 0 Å². The minimum atomic E-state index is 0.653. The first-order valence-corrected chi connectivity index (χ1v) is 6.30. The fourth-order valence-electron chi connectivity index (χ4n) is 1.21. The highest BCUT2D eigenvalue weighted by Crippen LogP contribution is 2.19. The normalized spacial score (nSPS) is 9.67. The van der Waals surface area contributed by atoms with E-state index in [1.165, 1.54) is 0 Å². The predicted octanol–water partition coefficient (Wildman–Crippen LogP) is 3.00. The zero-order valence-electron chi connectivity index (χ0n) is 9.12. The summed E-state index contributed by atoms with van der Waals surface area (Å²) in [5.74, 6) is 1.94. The highest BCUT2D eigenvalue weighted by molar-refractivity contribution is 7.98. The Hall–Kier alpha value is -1.14. The van der Waals surface area contributed by atoms with Gasteiger partial charge in [-0.05, 0) is 43.0 Å². The summed E-state index contributed by atoms with van der Waals surface area (Å²) in [7, 11) is 0. The monoisotopic (exact) mass is 221 g/mol. The molecular formula is C12H15NOS. The van der Waals surface area contributed by atoms with Crippen LogP contribution in [0.2, 0.25) is 0 Å². The maximum Gasteiger partial charge on any atom is 0.123 e. The van der Waals surface area contributed by atoms with Gasteiger partial charge in [0.15, 0.2) is 0 Å². The Labute approximate surface area is 95.3 Å². The molecule has 0 saturated carbocycles. The summed E-state index contributed by atoms with van der Waals surface area (Å²) in [5, 5.41) is 8.75. The molecule has 0 amide bonds. The second-order valence-electron chi connectivity index (χ2n) is 3.29. The van der Waals surface area contributed by atoms with Crippen LogP contribution in [0.25, 0.3) is 0 Å². The van der Waals surface area contributed by atoms with Gasteiger partial charge in [-0.25, -0.2) is 0 Å². The van der Waals surface area contributed by atoms with Crippen LogP contribution in [0.5, 0.6) is 5.75 Å². The molecule has 0 atom stereocenters. The first-order chi connectivity index (χ1) is 7.27. The van der Waals surface area contributed by atoms with Crippen molar-refractivity contribution in [3.8, 4) is 11.8 Å². The third-order valence-electron chi connectivity index (χ3n) is 2.07. The number of thioether (sulfide) groups is 1. The van der Waals surface area contributed by atoms with E-state index in [0.29, 0.717) is 5.56 Å². The Balaban J connectivity index is 2.56. The van der Waals surface area contributed by atoms with Gasteiger partial charge in [-0.3, -0.25) is 0 Å². The largest absolute Gasteiger partial charge is 0.493 e. The lowest BCUT2D eigenvalue weighted by atomic mass is 10.1.